The van der Waals surface area contributed by atoms with Gasteiger partial charge >= 0.3 is 0 Å². The molecule has 1 amide bonds. The molecule has 0 saturated carbocycles. The maximum Gasteiger partial charge on any atom is 0.251 e. The summed E-state index contributed by atoms with van der Waals surface area (Å²) in [6.07, 6.45) is 0. The molecule has 4 heteroatoms. The zero-order valence-electron chi connectivity index (χ0n) is 10.6. The van der Waals surface area contributed by atoms with E-state index in [-0.39, 0.29) is 12.5 Å². The minimum atomic E-state index is -0.923. The van der Waals surface area contributed by atoms with Crippen molar-refractivity contribution >= 4 is 5.91 Å². The Morgan fingerprint density at radius 3 is 2.47 bits per heavy atom. The molecule has 94 valence electrons. The summed E-state index contributed by atoms with van der Waals surface area (Å²) in [5, 5.41) is 12.8. The van der Waals surface area contributed by atoms with Crippen LogP contribution >= 0.6 is 0 Å². The summed E-state index contributed by atoms with van der Waals surface area (Å²) in [4.78, 5) is 13.6. The van der Waals surface area contributed by atoms with Crippen LogP contribution in [0.5, 0.6) is 0 Å². The lowest BCUT2D eigenvalue weighted by molar-refractivity contribution is 0.0326. The molecule has 17 heavy (non-hydrogen) atoms. The third-order valence-corrected chi connectivity index (χ3v) is 2.32. The van der Waals surface area contributed by atoms with Gasteiger partial charge in [-0.1, -0.05) is 18.2 Å². The Labute approximate surface area is 102 Å². The second-order valence-electron chi connectivity index (χ2n) is 4.78. The van der Waals surface area contributed by atoms with Crippen molar-refractivity contribution in [3.63, 3.8) is 0 Å². The summed E-state index contributed by atoms with van der Waals surface area (Å²) in [5.74, 6) is -0.162. The predicted octanol–water partition coefficient (Wildman–Crippen LogP) is 0.729. The number of carbonyl (C=O) groups excluding carboxylic acids is 1. The van der Waals surface area contributed by atoms with Crippen molar-refractivity contribution < 1.29 is 9.90 Å². The molecule has 0 saturated heterocycles. The summed E-state index contributed by atoms with van der Waals surface area (Å²) in [5.41, 5.74) is -0.318. The van der Waals surface area contributed by atoms with Crippen LogP contribution in [0.1, 0.15) is 17.3 Å². The number of likely N-dealkylation sites (N-methyl/N-ethyl adjacent to an activating group) is 1. The predicted molar refractivity (Wildman–Crippen MR) is 68.0 cm³/mol. The van der Waals surface area contributed by atoms with Crippen LogP contribution in [-0.2, 0) is 0 Å². The maximum atomic E-state index is 11.7. The van der Waals surface area contributed by atoms with Gasteiger partial charge in [0.2, 0.25) is 0 Å². The number of hydrogen-bond acceptors (Lipinski definition) is 3. The van der Waals surface area contributed by atoms with Gasteiger partial charge in [-0.05, 0) is 33.2 Å². The third kappa shape index (κ3) is 4.97. The number of hydrogen-bond donors (Lipinski definition) is 2. The van der Waals surface area contributed by atoms with Crippen LogP contribution in [0.3, 0.4) is 0 Å². The molecular weight excluding hydrogens is 216 g/mol. The molecule has 0 fully saturated rings. The monoisotopic (exact) mass is 236 g/mol. The third-order valence-electron chi connectivity index (χ3n) is 2.32. The molecule has 0 bridgehead atoms. The van der Waals surface area contributed by atoms with Crippen molar-refractivity contribution in [1.82, 2.24) is 10.2 Å². The van der Waals surface area contributed by atoms with Gasteiger partial charge in [-0.15, -0.1) is 0 Å². The van der Waals surface area contributed by atoms with E-state index in [4.69, 9.17) is 0 Å². The van der Waals surface area contributed by atoms with Crippen molar-refractivity contribution in [2.75, 3.05) is 27.2 Å². The number of carbonyl (C=O) groups is 1. The lowest BCUT2D eigenvalue weighted by Crippen LogP contribution is -2.47. The molecule has 0 aliphatic rings. The first kappa shape index (κ1) is 13.7. The van der Waals surface area contributed by atoms with Crippen molar-refractivity contribution in [3.05, 3.63) is 35.9 Å². The van der Waals surface area contributed by atoms with E-state index >= 15 is 0 Å². The van der Waals surface area contributed by atoms with Gasteiger partial charge in [-0.25, -0.2) is 0 Å². The summed E-state index contributed by atoms with van der Waals surface area (Å²) >= 11 is 0. The number of amides is 1. The highest BCUT2D eigenvalue weighted by molar-refractivity contribution is 5.94. The highest BCUT2D eigenvalue weighted by Crippen LogP contribution is 2.04. The van der Waals surface area contributed by atoms with E-state index in [9.17, 15) is 9.90 Å². The molecule has 0 radical (unpaired) electrons. The van der Waals surface area contributed by atoms with Gasteiger partial charge in [0.05, 0.1) is 5.60 Å². The van der Waals surface area contributed by atoms with Gasteiger partial charge in [0.1, 0.15) is 0 Å². The minimum Gasteiger partial charge on any atom is -0.387 e. The van der Waals surface area contributed by atoms with Crippen molar-refractivity contribution in [3.8, 4) is 0 Å². The molecule has 1 aromatic rings. The fraction of sp³-hybridized carbons (Fsp3) is 0.462. The molecule has 1 aromatic carbocycles. The second kappa shape index (κ2) is 5.80. The lowest BCUT2D eigenvalue weighted by Gasteiger charge is -2.27. The smallest absolute Gasteiger partial charge is 0.251 e. The Hall–Kier alpha value is -1.39. The first-order valence-electron chi connectivity index (χ1n) is 5.61. The Morgan fingerprint density at radius 2 is 1.94 bits per heavy atom. The van der Waals surface area contributed by atoms with Gasteiger partial charge in [0.25, 0.3) is 5.91 Å². The van der Waals surface area contributed by atoms with Crippen molar-refractivity contribution in [2.24, 2.45) is 0 Å². The summed E-state index contributed by atoms with van der Waals surface area (Å²) < 4.78 is 0. The molecule has 1 unspecified atom stereocenters. The first-order valence-corrected chi connectivity index (χ1v) is 5.61. The molecule has 4 nitrogen and oxygen atoms in total. The zero-order chi connectivity index (χ0) is 12.9. The van der Waals surface area contributed by atoms with Crippen molar-refractivity contribution in [2.45, 2.75) is 12.5 Å². The van der Waals surface area contributed by atoms with Crippen LogP contribution in [-0.4, -0.2) is 48.7 Å². The normalized spacial score (nSPS) is 14.4. The Balaban J connectivity index is 2.48. The average Bonchev–Trinajstić information content (AvgIpc) is 2.25. The van der Waals surface area contributed by atoms with Crippen LogP contribution < -0.4 is 5.32 Å². The molecule has 0 heterocycles. The molecule has 0 aromatic heterocycles. The summed E-state index contributed by atoms with van der Waals surface area (Å²) in [6.45, 7) is 2.44. The number of rotatable bonds is 5. The van der Waals surface area contributed by atoms with E-state index in [1.807, 2.05) is 37.2 Å². The van der Waals surface area contributed by atoms with E-state index in [1.54, 1.807) is 19.1 Å². The van der Waals surface area contributed by atoms with Crippen molar-refractivity contribution in [1.29, 1.82) is 0 Å². The van der Waals surface area contributed by atoms with Crippen LogP contribution in [0.4, 0.5) is 0 Å². The van der Waals surface area contributed by atoms with E-state index < -0.39 is 5.60 Å². The highest BCUT2D eigenvalue weighted by Gasteiger charge is 2.22. The quantitative estimate of drug-likeness (QED) is 0.792. The Morgan fingerprint density at radius 1 is 1.35 bits per heavy atom. The first-order chi connectivity index (χ1) is 7.91. The number of aliphatic hydroxyl groups is 1. The van der Waals surface area contributed by atoms with Gasteiger partial charge in [0, 0.05) is 18.7 Å². The van der Waals surface area contributed by atoms with Gasteiger partial charge in [-0.3, -0.25) is 4.79 Å². The van der Waals surface area contributed by atoms with Crippen LogP contribution in [0.25, 0.3) is 0 Å². The maximum absolute atomic E-state index is 11.7. The second-order valence-corrected chi connectivity index (χ2v) is 4.78. The molecule has 0 aliphatic heterocycles. The van der Waals surface area contributed by atoms with E-state index in [2.05, 4.69) is 5.32 Å². The van der Waals surface area contributed by atoms with Crippen LogP contribution in [0.2, 0.25) is 0 Å². The Bertz CT molecular complexity index is 361. The SMILES string of the molecule is CN(C)CC(C)(O)CNC(=O)c1ccccc1. The minimum absolute atomic E-state index is 0.162. The standard InChI is InChI=1S/C13H20N2O2/c1-13(17,10-15(2)3)9-14-12(16)11-7-5-4-6-8-11/h4-8,17H,9-10H2,1-3H3,(H,14,16). The van der Waals surface area contributed by atoms with Crippen LogP contribution in [0.15, 0.2) is 30.3 Å². The highest BCUT2D eigenvalue weighted by atomic mass is 16.3. The molecule has 1 atom stereocenters. The summed E-state index contributed by atoms with van der Waals surface area (Å²) in [6, 6.07) is 8.98. The zero-order valence-corrected chi connectivity index (χ0v) is 10.6. The fourth-order valence-corrected chi connectivity index (χ4v) is 1.70. The summed E-state index contributed by atoms with van der Waals surface area (Å²) in [7, 11) is 3.76. The van der Waals surface area contributed by atoms with Gasteiger partial charge in [0.15, 0.2) is 0 Å². The molecule has 2 N–H and O–H groups in total. The lowest BCUT2D eigenvalue weighted by atomic mass is 10.1. The van der Waals surface area contributed by atoms with Crippen LogP contribution in [0, 0.1) is 0 Å². The van der Waals surface area contributed by atoms with Gasteiger partial charge < -0.3 is 15.3 Å². The molecular formula is C13H20N2O2. The number of nitrogens with one attached hydrogen (secondary N) is 1. The number of nitrogens with zero attached hydrogens (tertiary/aromatic N) is 1. The largest absolute Gasteiger partial charge is 0.387 e. The fourth-order valence-electron chi connectivity index (χ4n) is 1.70. The van der Waals surface area contributed by atoms with E-state index in [0.717, 1.165) is 0 Å². The number of benzene rings is 1. The van der Waals surface area contributed by atoms with Gasteiger partial charge in [-0.2, -0.15) is 0 Å². The van der Waals surface area contributed by atoms with E-state index in [1.165, 1.54) is 0 Å². The molecule has 1 rings (SSSR count). The Kier molecular flexibility index (Phi) is 4.66. The average molecular weight is 236 g/mol. The molecule has 0 aliphatic carbocycles. The molecule has 0 spiro atoms. The van der Waals surface area contributed by atoms with E-state index in [0.29, 0.717) is 12.1 Å². The topological polar surface area (TPSA) is 52.6 Å².